The Labute approximate surface area is 120 Å². The van der Waals surface area contributed by atoms with Gasteiger partial charge in [0.05, 0.1) is 12.1 Å². The highest BCUT2D eigenvalue weighted by Gasteiger charge is 2.01. The Kier molecular flexibility index (Phi) is 7.69. The van der Waals surface area contributed by atoms with E-state index < -0.39 is 10.4 Å². The molecule has 1 aromatic carbocycles. The van der Waals surface area contributed by atoms with Gasteiger partial charge in [-0.3, -0.25) is 9.11 Å². The molecule has 0 spiro atoms. The number of hydrogen-bond acceptors (Lipinski definition) is 5. The molecule has 0 atom stereocenters. The summed E-state index contributed by atoms with van der Waals surface area (Å²) in [4.78, 5) is 4.85. The number of oxime groups is 1. The first-order chi connectivity index (χ1) is 9.13. The maximum atomic E-state index is 8.74. The van der Waals surface area contributed by atoms with Gasteiger partial charge in [-0.05, 0) is 22.9 Å². The van der Waals surface area contributed by atoms with Gasteiger partial charge in [-0.1, -0.05) is 17.7 Å². The van der Waals surface area contributed by atoms with Crippen molar-refractivity contribution in [2.45, 2.75) is 6.61 Å². The molecule has 0 bridgehead atoms. The molecule has 0 radical (unpaired) electrons. The van der Waals surface area contributed by atoms with Crippen molar-refractivity contribution in [3.63, 3.8) is 0 Å². The molecule has 114 valence electrons. The zero-order valence-electron chi connectivity index (χ0n) is 10.4. The van der Waals surface area contributed by atoms with Crippen LogP contribution >= 0.6 is 11.6 Å². The van der Waals surface area contributed by atoms with Crippen LogP contribution in [0, 0.1) is 0 Å². The molecule has 0 fully saturated rings. The minimum absolute atomic E-state index is 0.116. The molecule has 1 rings (SSSR count). The van der Waals surface area contributed by atoms with E-state index in [-0.39, 0.29) is 12.6 Å². The minimum atomic E-state index is -4.67. The van der Waals surface area contributed by atoms with E-state index in [1.165, 1.54) is 0 Å². The van der Waals surface area contributed by atoms with Crippen LogP contribution in [-0.2, 0) is 21.8 Å². The quantitative estimate of drug-likeness (QED) is 0.268. The predicted molar refractivity (Wildman–Crippen MR) is 72.8 cm³/mol. The molecule has 0 unspecified atom stereocenters. The van der Waals surface area contributed by atoms with Crippen molar-refractivity contribution in [2.75, 3.05) is 7.11 Å². The van der Waals surface area contributed by atoms with Crippen molar-refractivity contribution < 1.29 is 27.1 Å². The molecular weight excluding hydrogens is 314 g/mol. The molecule has 0 saturated carbocycles. The van der Waals surface area contributed by atoms with Gasteiger partial charge in [-0.25, -0.2) is 0 Å². The van der Waals surface area contributed by atoms with Crippen molar-refractivity contribution >= 4 is 28.0 Å². The third kappa shape index (κ3) is 10.2. The number of guanidine groups is 1. The fourth-order valence-corrected chi connectivity index (χ4v) is 1.26. The Hall–Kier alpha value is -1.75. The maximum absolute atomic E-state index is 8.74. The van der Waals surface area contributed by atoms with Crippen molar-refractivity contribution in [2.24, 2.45) is 16.6 Å². The summed E-state index contributed by atoms with van der Waals surface area (Å²) in [5, 5.41) is 3.91. The Morgan fingerprint density at radius 1 is 1.40 bits per heavy atom. The van der Waals surface area contributed by atoms with Gasteiger partial charge in [0.1, 0.15) is 12.4 Å². The Bertz CT molecular complexity index is 551. The molecule has 6 N–H and O–H groups in total. The minimum Gasteiger partial charge on any atom is -0.495 e. The molecule has 0 saturated heterocycles. The molecule has 20 heavy (non-hydrogen) atoms. The highest BCUT2D eigenvalue weighted by Crippen LogP contribution is 2.25. The average Bonchev–Trinajstić information content (AvgIpc) is 2.26. The van der Waals surface area contributed by atoms with Gasteiger partial charge in [-0.2, -0.15) is 8.42 Å². The standard InChI is InChI=1S/C9H12ClN3O2.H2O4S/c1-14-8-3-2-6(4-7(8)10)5-15-13-9(11)12;1-5(2,3)4/h2-4H,5H2,1H3,(H4,11,12,13);(H2,1,2,3,4). The van der Waals surface area contributed by atoms with Crippen LogP contribution in [0.2, 0.25) is 5.02 Å². The van der Waals surface area contributed by atoms with Crippen molar-refractivity contribution in [1.29, 1.82) is 0 Å². The summed E-state index contributed by atoms with van der Waals surface area (Å²) in [7, 11) is -3.11. The first kappa shape index (κ1) is 18.2. The number of nitrogens with zero attached hydrogens (tertiary/aromatic N) is 1. The largest absolute Gasteiger partial charge is 0.495 e. The number of hydrogen-bond donors (Lipinski definition) is 4. The van der Waals surface area contributed by atoms with E-state index in [9.17, 15) is 0 Å². The molecule has 11 heteroatoms. The molecule has 1 aromatic rings. The highest BCUT2D eigenvalue weighted by molar-refractivity contribution is 7.79. The van der Waals surface area contributed by atoms with E-state index in [0.29, 0.717) is 10.8 Å². The number of benzene rings is 1. The van der Waals surface area contributed by atoms with Crippen LogP contribution in [0.3, 0.4) is 0 Å². The summed E-state index contributed by atoms with van der Waals surface area (Å²) in [6, 6.07) is 5.28. The summed E-state index contributed by atoms with van der Waals surface area (Å²) in [5.41, 5.74) is 11.0. The van der Waals surface area contributed by atoms with Crippen molar-refractivity contribution in [3.8, 4) is 5.75 Å². The van der Waals surface area contributed by atoms with E-state index in [1.807, 2.05) is 6.07 Å². The number of ether oxygens (including phenoxy) is 1. The molecule has 9 nitrogen and oxygen atoms in total. The lowest BCUT2D eigenvalue weighted by atomic mass is 10.2. The van der Waals surface area contributed by atoms with E-state index >= 15 is 0 Å². The van der Waals surface area contributed by atoms with Gasteiger partial charge >= 0.3 is 10.4 Å². The van der Waals surface area contributed by atoms with Crippen LogP contribution < -0.4 is 16.2 Å². The molecule has 0 aromatic heterocycles. The van der Waals surface area contributed by atoms with Crippen molar-refractivity contribution in [1.82, 2.24) is 0 Å². The summed E-state index contributed by atoms with van der Waals surface area (Å²) in [6.45, 7) is 0.252. The third-order valence-corrected chi connectivity index (χ3v) is 1.91. The molecule has 0 aliphatic carbocycles. The molecule has 0 aliphatic heterocycles. The molecule has 0 aliphatic rings. The first-order valence-corrected chi connectivity index (χ1v) is 6.64. The zero-order valence-corrected chi connectivity index (χ0v) is 11.9. The molecule has 0 amide bonds. The summed E-state index contributed by atoms with van der Waals surface area (Å²) in [5.74, 6) is 0.497. The normalized spacial score (nSPS) is 10.0. The second-order valence-electron chi connectivity index (χ2n) is 3.21. The summed E-state index contributed by atoms with van der Waals surface area (Å²) >= 11 is 5.91. The van der Waals surface area contributed by atoms with Crippen LogP contribution in [0.4, 0.5) is 0 Å². The molecular formula is C9H14ClN3O6S. The maximum Gasteiger partial charge on any atom is 0.394 e. The van der Waals surface area contributed by atoms with Crippen molar-refractivity contribution in [3.05, 3.63) is 28.8 Å². The second-order valence-corrected chi connectivity index (χ2v) is 4.51. The van der Waals surface area contributed by atoms with E-state index in [1.54, 1.807) is 19.2 Å². The van der Waals surface area contributed by atoms with Crippen LogP contribution in [0.5, 0.6) is 5.75 Å². The number of nitrogens with two attached hydrogens (primary N) is 2. The smallest absolute Gasteiger partial charge is 0.394 e. The number of rotatable bonds is 4. The first-order valence-electron chi connectivity index (χ1n) is 4.86. The topological polar surface area (TPSA) is 157 Å². The number of methoxy groups -OCH3 is 1. The lowest BCUT2D eigenvalue weighted by Crippen LogP contribution is -2.22. The highest BCUT2D eigenvalue weighted by atomic mass is 35.5. The van der Waals surface area contributed by atoms with Crippen LogP contribution in [0.25, 0.3) is 0 Å². The van der Waals surface area contributed by atoms with Gasteiger partial charge in [0.2, 0.25) is 5.96 Å². The van der Waals surface area contributed by atoms with E-state index in [0.717, 1.165) is 5.56 Å². The van der Waals surface area contributed by atoms with Crippen LogP contribution in [0.15, 0.2) is 23.4 Å². The SMILES string of the molecule is COc1ccc(CON=C(N)N)cc1Cl.O=S(=O)(O)O. The van der Waals surface area contributed by atoms with Gasteiger partial charge < -0.3 is 21.0 Å². The van der Waals surface area contributed by atoms with Crippen LogP contribution in [0.1, 0.15) is 5.56 Å². The summed E-state index contributed by atoms with van der Waals surface area (Å²) < 4.78 is 36.6. The lowest BCUT2D eigenvalue weighted by molar-refractivity contribution is 0.130. The fraction of sp³-hybridized carbons (Fsp3) is 0.222. The fourth-order valence-electron chi connectivity index (χ4n) is 0.981. The Morgan fingerprint density at radius 2 is 1.95 bits per heavy atom. The summed E-state index contributed by atoms with van der Waals surface area (Å²) in [6.07, 6.45) is 0. The van der Waals surface area contributed by atoms with Gasteiger partial charge in [0.15, 0.2) is 0 Å². The Balaban J connectivity index is 0.000000621. The number of halogens is 1. The van der Waals surface area contributed by atoms with E-state index in [4.69, 9.17) is 50.2 Å². The van der Waals surface area contributed by atoms with Gasteiger partial charge in [0, 0.05) is 0 Å². The second kappa shape index (κ2) is 8.43. The van der Waals surface area contributed by atoms with Crippen LogP contribution in [-0.4, -0.2) is 30.6 Å². The third-order valence-electron chi connectivity index (χ3n) is 1.62. The average molecular weight is 328 g/mol. The predicted octanol–water partition coefficient (Wildman–Crippen LogP) is 0.401. The molecule has 0 heterocycles. The monoisotopic (exact) mass is 327 g/mol. The van der Waals surface area contributed by atoms with E-state index in [2.05, 4.69) is 5.16 Å². The van der Waals surface area contributed by atoms with Gasteiger partial charge in [-0.15, -0.1) is 0 Å². The van der Waals surface area contributed by atoms with Gasteiger partial charge in [0.25, 0.3) is 0 Å². The lowest BCUT2D eigenvalue weighted by Gasteiger charge is -2.05. The zero-order chi connectivity index (χ0) is 15.8. The Morgan fingerprint density at radius 3 is 2.35 bits per heavy atom.